The van der Waals surface area contributed by atoms with Gasteiger partial charge in [-0.3, -0.25) is 0 Å². The molecule has 0 aliphatic heterocycles. The zero-order valence-electron chi connectivity index (χ0n) is 11.1. The summed E-state index contributed by atoms with van der Waals surface area (Å²) in [6, 6.07) is 11.9. The summed E-state index contributed by atoms with van der Waals surface area (Å²) in [5, 5.41) is 2.69. The Morgan fingerprint density at radius 3 is 2.12 bits per heavy atom. The molecule has 0 heterocycles. The van der Waals surface area contributed by atoms with Crippen LogP contribution in [0.1, 0.15) is 45.1 Å². The fourth-order valence-electron chi connectivity index (χ4n) is 2.16. The molecule has 0 atom stereocenters. The lowest BCUT2D eigenvalue weighted by atomic mass is 10.2. The molecule has 0 bridgehead atoms. The normalized spacial score (nSPS) is 11.1. The first-order valence-corrected chi connectivity index (χ1v) is 9.86. The first-order valence-electron chi connectivity index (χ1n) is 6.82. The topological polar surface area (TPSA) is 0 Å². The van der Waals surface area contributed by atoms with Crippen LogP contribution in [0.5, 0.6) is 0 Å². The molecule has 1 aromatic rings. The quantitative estimate of drug-likeness (QED) is 0.474. The molecule has 0 aliphatic rings. The van der Waals surface area contributed by atoms with Crippen molar-refractivity contribution in [3.8, 4) is 0 Å². The maximum absolute atomic E-state index is 3.63. The van der Waals surface area contributed by atoms with E-state index in [1.54, 1.807) is 5.19 Å². The van der Waals surface area contributed by atoms with Crippen LogP contribution in [0, 0.1) is 0 Å². The second-order valence-electron chi connectivity index (χ2n) is 4.60. The third-order valence-corrected chi connectivity index (χ3v) is 6.97. The Labute approximate surface area is 117 Å². The van der Waals surface area contributed by atoms with E-state index in [4.69, 9.17) is 0 Å². The van der Waals surface area contributed by atoms with Gasteiger partial charge in [0.05, 0.1) is 8.80 Å². The Hall–Kier alpha value is -0.0831. The van der Waals surface area contributed by atoms with Gasteiger partial charge in [0.1, 0.15) is 0 Å². The third kappa shape index (κ3) is 4.97. The van der Waals surface area contributed by atoms with E-state index in [1.807, 2.05) is 0 Å². The molecule has 0 amide bonds. The van der Waals surface area contributed by atoms with E-state index in [-0.39, 0.29) is 8.80 Å². The van der Waals surface area contributed by atoms with Crippen LogP contribution in [-0.4, -0.2) is 8.80 Å². The molecule has 0 unspecified atom stereocenters. The SMILES string of the molecule is CCCC[Si](CCCC)c1ccccc1CBr. The molecule has 0 aliphatic carbocycles. The van der Waals surface area contributed by atoms with E-state index < -0.39 is 0 Å². The van der Waals surface area contributed by atoms with Gasteiger partial charge in [0, 0.05) is 5.33 Å². The Morgan fingerprint density at radius 1 is 1.00 bits per heavy atom. The molecular weight excluding hydrogens is 288 g/mol. The van der Waals surface area contributed by atoms with Gasteiger partial charge < -0.3 is 0 Å². The summed E-state index contributed by atoms with van der Waals surface area (Å²) in [4.78, 5) is 0. The van der Waals surface area contributed by atoms with Crippen molar-refractivity contribution in [3.63, 3.8) is 0 Å². The van der Waals surface area contributed by atoms with E-state index in [0.717, 1.165) is 5.33 Å². The zero-order chi connectivity index (χ0) is 12.5. The maximum atomic E-state index is 3.63. The summed E-state index contributed by atoms with van der Waals surface area (Å²) in [5.41, 5.74) is 1.52. The fraction of sp³-hybridized carbons (Fsp3) is 0.600. The smallest absolute Gasteiger partial charge is 0.0860 e. The molecule has 1 radical (unpaired) electrons. The van der Waals surface area contributed by atoms with Crippen molar-refractivity contribution >= 4 is 29.9 Å². The molecule has 2 heteroatoms. The molecule has 0 aromatic heterocycles. The lowest BCUT2D eigenvalue weighted by molar-refractivity contribution is 0.845. The number of benzene rings is 1. The molecule has 0 fully saturated rings. The predicted molar refractivity (Wildman–Crippen MR) is 83.9 cm³/mol. The Morgan fingerprint density at radius 2 is 1.59 bits per heavy atom. The van der Waals surface area contributed by atoms with Crippen LogP contribution in [0.25, 0.3) is 0 Å². The van der Waals surface area contributed by atoms with Gasteiger partial charge in [0.2, 0.25) is 0 Å². The van der Waals surface area contributed by atoms with E-state index in [0.29, 0.717) is 0 Å². The van der Waals surface area contributed by atoms with E-state index in [9.17, 15) is 0 Å². The highest BCUT2D eigenvalue weighted by atomic mass is 79.9. The summed E-state index contributed by atoms with van der Waals surface area (Å²) in [6.45, 7) is 4.60. The van der Waals surface area contributed by atoms with Gasteiger partial charge in [-0.15, -0.1) is 0 Å². The number of hydrogen-bond acceptors (Lipinski definition) is 0. The van der Waals surface area contributed by atoms with Crippen LogP contribution >= 0.6 is 15.9 Å². The Bertz CT molecular complexity index is 304. The standard InChI is InChI=1S/C15H24BrSi/c1-3-5-11-17(12-6-4-2)15-10-8-7-9-14(15)13-16/h7-10H,3-6,11-13H2,1-2H3. The molecule has 0 saturated heterocycles. The van der Waals surface area contributed by atoms with Crippen molar-refractivity contribution in [1.29, 1.82) is 0 Å². The number of rotatable bonds is 8. The summed E-state index contributed by atoms with van der Waals surface area (Å²) >= 11 is 3.63. The van der Waals surface area contributed by atoms with Crippen LogP contribution in [-0.2, 0) is 5.33 Å². The van der Waals surface area contributed by atoms with E-state index >= 15 is 0 Å². The lowest BCUT2D eigenvalue weighted by Gasteiger charge is -2.17. The Kier molecular flexibility index (Phi) is 7.87. The monoisotopic (exact) mass is 311 g/mol. The molecule has 95 valence electrons. The molecule has 0 nitrogen and oxygen atoms in total. The van der Waals surface area contributed by atoms with Crippen LogP contribution in [0.15, 0.2) is 24.3 Å². The molecule has 1 aromatic carbocycles. The highest BCUT2D eigenvalue weighted by Crippen LogP contribution is 2.13. The number of unbranched alkanes of at least 4 members (excludes halogenated alkanes) is 2. The second-order valence-corrected chi connectivity index (χ2v) is 7.91. The minimum atomic E-state index is -0.319. The molecule has 0 saturated carbocycles. The third-order valence-electron chi connectivity index (χ3n) is 3.21. The van der Waals surface area contributed by atoms with Crippen molar-refractivity contribution in [2.45, 2.75) is 56.9 Å². The van der Waals surface area contributed by atoms with Crippen molar-refractivity contribution in [2.75, 3.05) is 0 Å². The molecular formula is C15H24BrSi. The molecule has 17 heavy (non-hydrogen) atoms. The van der Waals surface area contributed by atoms with Gasteiger partial charge in [0.15, 0.2) is 0 Å². The predicted octanol–water partition coefficient (Wildman–Crippen LogP) is 4.88. The summed E-state index contributed by atoms with van der Waals surface area (Å²) in [6.07, 6.45) is 5.46. The molecule has 0 N–H and O–H groups in total. The average Bonchev–Trinajstić information content (AvgIpc) is 2.39. The van der Waals surface area contributed by atoms with Crippen LogP contribution in [0.3, 0.4) is 0 Å². The first-order chi connectivity index (χ1) is 8.33. The van der Waals surface area contributed by atoms with Crippen molar-refractivity contribution in [1.82, 2.24) is 0 Å². The zero-order valence-corrected chi connectivity index (χ0v) is 13.7. The number of alkyl halides is 1. The van der Waals surface area contributed by atoms with Crippen LogP contribution < -0.4 is 5.19 Å². The Balaban J connectivity index is 2.78. The first kappa shape index (κ1) is 15.0. The van der Waals surface area contributed by atoms with E-state index in [2.05, 4.69) is 54.0 Å². The van der Waals surface area contributed by atoms with Crippen molar-refractivity contribution in [2.24, 2.45) is 0 Å². The number of hydrogen-bond donors (Lipinski definition) is 0. The summed E-state index contributed by atoms with van der Waals surface area (Å²) in [7, 11) is -0.319. The lowest BCUT2D eigenvalue weighted by Crippen LogP contribution is -2.32. The minimum absolute atomic E-state index is 0.319. The minimum Gasteiger partial charge on any atom is -0.0876 e. The molecule has 0 spiro atoms. The largest absolute Gasteiger partial charge is 0.0876 e. The average molecular weight is 312 g/mol. The molecule has 1 rings (SSSR count). The van der Waals surface area contributed by atoms with Crippen LogP contribution in [0.4, 0.5) is 0 Å². The van der Waals surface area contributed by atoms with Gasteiger partial charge >= 0.3 is 0 Å². The summed E-state index contributed by atoms with van der Waals surface area (Å²) < 4.78 is 0. The second kappa shape index (κ2) is 8.93. The van der Waals surface area contributed by atoms with Crippen molar-refractivity contribution < 1.29 is 0 Å². The van der Waals surface area contributed by atoms with Gasteiger partial charge in [0.25, 0.3) is 0 Å². The maximum Gasteiger partial charge on any atom is 0.0860 e. The van der Waals surface area contributed by atoms with Gasteiger partial charge in [-0.2, -0.15) is 0 Å². The fourth-order valence-corrected chi connectivity index (χ4v) is 6.21. The summed E-state index contributed by atoms with van der Waals surface area (Å²) in [5.74, 6) is 0. The highest BCUT2D eigenvalue weighted by Gasteiger charge is 2.15. The van der Waals surface area contributed by atoms with Crippen LogP contribution in [0.2, 0.25) is 12.1 Å². The highest BCUT2D eigenvalue weighted by molar-refractivity contribution is 9.08. The number of halogens is 1. The van der Waals surface area contributed by atoms with Crippen molar-refractivity contribution in [3.05, 3.63) is 29.8 Å². The van der Waals surface area contributed by atoms with Gasteiger partial charge in [-0.25, -0.2) is 0 Å². The van der Waals surface area contributed by atoms with Gasteiger partial charge in [-0.1, -0.05) is 97.0 Å². The van der Waals surface area contributed by atoms with Gasteiger partial charge in [-0.05, 0) is 5.56 Å². The van der Waals surface area contributed by atoms with E-state index in [1.165, 1.54) is 43.3 Å².